The predicted molar refractivity (Wildman–Crippen MR) is 117 cm³/mol. The second-order valence-electron chi connectivity index (χ2n) is 7.49. The number of nitrogens with zero attached hydrogens (tertiary/aromatic N) is 1. The molecule has 1 heterocycles. The Morgan fingerprint density at radius 1 is 1.07 bits per heavy atom. The van der Waals surface area contributed by atoms with Crippen LogP contribution in [-0.4, -0.2) is 38.3 Å². The molecule has 1 atom stereocenters. The lowest BCUT2D eigenvalue weighted by Gasteiger charge is -2.30. The first-order valence-electron chi connectivity index (χ1n) is 10.0. The van der Waals surface area contributed by atoms with Crippen LogP contribution in [0.5, 0.6) is 0 Å². The highest BCUT2D eigenvalue weighted by molar-refractivity contribution is 7.92. The minimum atomic E-state index is -3.47. The Kier molecular flexibility index (Phi) is 7.23. The molecule has 6 heteroatoms. The van der Waals surface area contributed by atoms with Crippen LogP contribution in [0.15, 0.2) is 66.1 Å². The van der Waals surface area contributed by atoms with E-state index in [1.165, 1.54) is 15.3 Å². The van der Waals surface area contributed by atoms with E-state index < -0.39 is 10.0 Å². The van der Waals surface area contributed by atoms with Crippen molar-refractivity contribution in [1.82, 2.24) is 9.62 Å². The molecule has 2 aromatic carbocycles. The predicted octanol–water partition coefficient (Wildman–Crippen LogP) is 3.62. The summed E-state index contributed by atoms with van der Waals surface area (Å²) in [5, 5.41) is 4.28. The number of benzene rings is 2. The van der Waals surface area contributed by atoms with Crippen LogP contribution >= 0.6 is 0 Å². The molecular weight excluding hydrogens is 384 g/mol. The van der Waals surface area contributed by atoms with Crippen molar-refractivity contribution >= 4 is 22.0 Å². The first-order chi connectivity index (χ1) is 14.0. The summed E-state index contributed by atoms with van der Waals surface area (Å²) in [6.45, 7) is 3.41. The minimum absolute atomic E-state index is 0.0182. The summed E-state index contributed by atoms with van der Waals surface area (Å²) in [6, 6.07) is 19.4. The average molecular weight is 413 g/mol. The smallest absolute Gasteiger partial charge is 0.236 e. The van der Waals surface area contributed by atoms with Gasteiger partial charge in [0.2, 0.25) is 15.9 Å². The molecule has 3 rings (SSSR count). The van der Waals surface area contributed by atoms with Crippen molar-refractivity contribution in [3.05, 3.63) is 77.2 Å². The zero-order valence-electron chi connectivity index (χ0n) is 16.7. The number of rotatable bonds is 7. The van der Waals surface area contributed by atoms with Crippen molar-refractivity contribution in [2.45, 2.75) is 25.7 Å². The maximum Gasteiger partial charge on any atom is 0.236 e. The van der Waals surface area contributed by atoms with Gasteiger partial charge in [0.05, 0.1) is 0 Å². The van der Waals surface area contributed by atoms with Crippen LogP contribution in [0.3, 0.4) is 0 Å². The summed E-state index contributed by atoms with van der Waals surface area (Å²) in [5.74, 6) is 0.121. The van der Waals surface area contributed by atoms with Crippen LogP contribution in [0.2, 0.25) is 0 Å². The Morgan fingerprint density at radius 3 is 2.28 bits per heavy atom. The molecular formula is C23H28N2O3S. The zero-order chi connectivity index (χ0) is 20.7. The van der Waals surface area contributed by atoms with E-state index in [4.69, 9.17) is 0 Å². The van der Waals surface area contributed by atoms with E-state index in [1.54, 1.807) is 6.08 Å². The van der Waals surface area contributed by atoms with Gasteiger partial charge in [0.25, 0.3) is 0 Å². The number of hydrogen-bond acceptors (Lipinski definition) is 3. The van der Waals surface area contributed by atoms with Gasteiger partial charge >= 0.3 is 0 Å². The monoisotopic (exact) mass is 412 g/mol. The third-order valence-corrected chi connectivity index (χ3v) is 6.93. The Morgan fingerprint density at radius 2 is 1.66 bits per heavy atom. The van der Waals surface area contributed by atoms with Crippen LogP contribution in [0.1, 0.15) is 36.8 Å². The lowest BCUT2D eigenvalue weighted by Crippen LogP contribution is -2.43. The molecule has 1 aliphatic heterocycles. The van der Waals surface area contributed by atoms with Crippen LogP contribution in [-0.2, 0) is 14.8 Å². The van der Waals surface area contributed by atoms with Gasteiger partial charge in [0.1, 0.15) is 0 Å². The van der Waals surface area contributed by atoms with Crippen molar-refractivity contribution in [3.63, 3.8) is 0 Å². The SMILES string of the molecule is CC(CNC(=O)C1CCN(S(=O)(=O)/C=C/c2ccccc2)CC1)c1ccccc1. The minimum Gasteiger partial charge on any atom is -0.355 e. The van der Waals surface area contributed by atoms with Gasteiger partial charge in [-0.15, -0.1) is 0 Å². The molecule has 0 aromatic heterocycles. The van der Waals surface area contributed by atoms with Crippen LogP contribution < -0.4 is 5.32 Å². The Hall–Kier alpha value is -2.44. The summed E-state index contributed by atoms with van der Waals surface area (Å²) in [4.78, 5) is 12.5. The Balaban J connectivity index is 1.48. The van der Waals surface area contributed by atoms with Gasteiger partial charge in [-0.3, -0.25) is 4.79 Å². The molecule has 0 radical (unpaired) electrons. The molecule has 154 valence electrons. The van der Waals surface area contributed by atoms with Crippen LogP contribution in [0.4, 0.5) is 0 Å². The van der Waals surface area contributed by atoms with E-state index in [1.807, 2.05) is 48.5 Å². The largest absolute Gasteiger partial charge is 0.355 e. The molecule has 0 aliphatic carbocycles. The van der Waals surface area contributed by atoms with E-state index in [2.05, 4.69) is 24.4 Å². The number of piperidine rings is 1. The lowest BCUT2D eigenvalue weighted by atomic mass is 9.96. The van der Waals surface area contributed by atoms with Crippen molar-refractivity contribution in [2.75, 3.05) is 19.6 Å². The summed E-state index contributed by atoms with van der Waals surface area (Å²) < 4.78 is 26.6. The average Bonchev–Trinajstić information content (AvgIpc) is 2.77. The summed E-state index contributed by atoms with van der Waals surface area (Å²) in [5.41, 5.74) is 2.04. The van der Waals surface area contributed by atoms with E-state index in [-0.39, 0.29) is 17.7 Å². The zero-order valence-corrected chi connectivity index (χ0v) is 17.5. The number of carbonyl (C=O) groups is 1. The van der Waals surface area contributed by atoms with Crippen LogP contribution in [0, 0.1) is 5.92 Å². The second kappa shape index (κ2) is 9.85. The van der Waals surface area contributed by atoms with Crippen molar-refractivity contribution in [1.29, 1.82) is 0 Å². The molecule has 1 saturated heterocycles. The topological polar surface area (TPSA) is 66.5 Å². The molecule has 1 N–H and O–H groups in total. The Bertz CT molecular complexity index is 919. The molecule has 1 aliphatic rings. The molecule has 29 heavy (non-hydrogen) atoms. The van der Waals surface area contributed by atoms with Gasteiger partial charge in [-0.1, -0.05) is 67.6 Å². The van der Waals surface area contributed by atoms with Gasteiger partial charge in [0.15, 0.2) is 0 Å². The fraction of sp³-hybridized carbons (Fsp3) is 0.348. The van der Waals surface area contributed by atoms with Gasteiger partial charge in [0, 0.05) is 31.0 Å². The maximum atomic E-state index is 12.5. The van der Waals surface area contributed by atoms with Gasteiger partial charge in [-0.05, 0) is 36.0 Å². The lowest BCUT2D eigenvalue weighted by molar-refractivity contribution is -0.126. The van der Waals surface area contributed by atoms with Gasteiger partial charge < -0.3 is 5.32 Å². The molecule has 0 saturated carbocycles. The fourth-order valence-corrected chi connectivity index (χ4v) is 4.71. The molecule has 1 unspecified atom stereocenters. The fourth-order valence-electron chi connectivity index (χ4n) is 3.48. The van der Waals surface area contributed by atoms with Crippen molar-refractivity contribution in [3.8, 4) is 0 Å². The molecule has 0 bridgehead atoms. The normalized spacial score (nSPS) is 17.3. The standard InChI is InChI=1S/C23H28N2O3S/c1-19(21-10-6-3-7-11-21)18-24-23(26)22-12-15-25(16-13-22)29(27,28)17-14-20-8-4-2-5-9-20/h2-11,14,17,19,22H,12-13,15-16,18H2,1H3,(H,24,26)/b17-14+. The second-order valence-corrected chi connectivity index (χ2v) is 9.31. The molecule has 1 fully saturated rings. The summed E-state index contributed by atoms with van der Waals surface area (Å²) in [7, 11) is -3.47. The number of amides is 1. The third kappa shape index (κ3) is 6.02. The summed E-state index contributed by atoms with van der Waals surface area (Å²) >= 11 is 0. The van der Waals surface area contributed by atoms with E-state index in [9.17, 15) is 13.2 Å². The number of nitrogens with one attached hydrogen (secondary N) is 1. The highest BCUT2D eigenvalue weighted by Crippen LogP contribution is 2.21. The van der Waals surface area contributed by atoms with Gasteiger partial charge in [-0.25, -0.2) is 8.42 Å². The number of hydrogen-bond donors (Lipinski definition) is 1. The molecule has 0 spiro atoms. The van der Waals surface area contributed by atoms with Crippen molar-refractivity contribution < 1.29 is 13.2 Å². The first kappa shape index (κ1) is 21.3. The molecule has 5 nitrogen and oxygen atoms in total. The van der Waals surface area contributed by atoms with E-state index in [0.717, 1.165) is 5.56 Å². The highest BCUT2D eigenvalue weighted by atomic mass is 32.2. The number of sulfonamides is 1. The maximum absolute atomic E-state index is 12.5. The molecule has 1 amide bonds. The first-order valence-corrected chi connectivity index (χ1v) is 11.5. The highest BCUT2D eigenvalue weighted by Gasteiger charge is 2.30. The van der Waals surface area contributed by atoms with E-state index >= 15 is 0 Å². The van der Waals surface area contributed by atoms with Crippen molar-refractivity contribution in [2.24, 2.45) is 5.92 Å². The van der Waals surface area contributed by atoms with Crippen LogP contribution in [0.25, 0.3) is 6.08 Å². The van der Waals surface area contributed by atoms with Gasteiger partial charge in [-0.2, -0.15) is 4.31 Å². The quantitative estimate of drug-likeness (QED) is 0.755. The summed E-state index contributed by atoms with van der Waals surface area (Å²) in [6.07, 6.45) is 2.70. The Labute approximate surface area is 173 Å². The third-order valence-electron chi connectivity index (χ3n) is 5.37. The molecule has 2 aromatic rings. The number of carbonyl (C=O) groups excluding carboxylic acids is 1. The van der Waals surface area contributed by atoms with E-state index in [0.29, 0.717) is 32.5 Å².